The Balaban J connectivity index is 1.57. The van der Waals surface area contributed by atoms with Gasteiger partial charge in [0.25, 0.3) is 0 Å². The zero-order valence-electron chi connectivity index (χ0n) is 14.1. The van der Waals surface area contributed by atoms with Gasteiger partial charge in [-0.3, -0.25) is 4.99 Å². The summed E-state index contributed by atoms with van der Waals surface area (Å²) in [6.07, 6.45) is 2.67. The van der Waals surface area contributed by atoms with Crippen LogP contribution in [-0.4, -0.2) is 34.1 Å². The van der Waals surface area contributed by atoms with Crippen LogP contribution in [-0.2, 0) is 0 Å². The standard InChI is InChI=1S/C18H16ClN5O2S/c19-13-5-4-11(9-15(13)25)26-16-12(3-1-6-20-16)14-10-27-18(23-14)24-17-21-7-2-8-22-17/h1,3-6,9-10,25H,2,7-8H2,(H2,21,22,23,24). The second kappa shape index (κ2) is 7.81. The summed E-state index contributed by atoms with van der Waals surface area (Å²) < 4.78 is 5.84. The molecule has 4 rings (SSSR count). The molecule has 3 N–H and O–H groups in total. The quantitative estimate of drug-likeness (QED) is 0.609. The monoisotopic (exact) mass is 401 g/mol. The van der Waals surface area contributed by atoms with Crippen LogP contribution in [0.1, 0.15) is 6.42 Å². The molecule has 0 atom stereocenters. The number of aliphatic imine (C=N–C) groups is 1. The van der Waals surface area contributed by atoms with Crippen molar-refractivity contribution in [3.05, 3.63) is 46.9 Å². The van der Waals surface area contributed by atoms with Gasteiger partial charge >= 0.3 is 0 Å². The number of rotatable bonds is 4. The van der Waals surface area contributed by atoms with Gasteiger partial charge in [0.1, 0.15) is 11.5 Å². The molecule has 0 saturated heterocycles. The van der Waals surface area contributed by atoms with Gasteiger partial charge in [0.15, 0.2) is 11.1 Å². The van der Waals surface area contributed by atoms with E-state index in [1.165, 1.54) is 17.4 Å². The van der Waals surface area contributed by atoms with Gasteiger partial charge in [-0.2, -0.15) is 0 Å². The van der Waals surface area contributed by atoms with E-state index in [9.17, 15) is 5.11 Å². The van der Waals surface area contributed by atoms with Gasteiger partial charge in [-0.05, 0) is 30.7 Å². The molecule has 0 radical (unpaired) electrons. The number of guanidine groups is 1. The van der Waals surface area contributed by atoms with Gasteiger partial charge in [-0.15, -0.1) is 11.3 Å². The summed E-state index contributed by atoms with van der Waals surface area (Å²) in [5.74, 6) is 1.52. The van der Waals surface area contributed by atoms with E-state index >= 15 is 0 Å². The molecule has 7 nitrogen and oxygen atoms in total. The maximum absolute atomic E-state index is 9.76. The summed E-state index contributed by atoms with van der Waals surface area (Å²) in [4.78, 5) is 13.3. The van der Waals surface area contributed by atoms with Crippen LogP contribution in [0.2, 0.25) is 5.02 Å². The van der Waals surface area contributed by atoms with Crippen LogP contribution in [0.15, 0.2) is 46.9 Å². The lowest BCUT2D eigenvalue weighted by Crippen LogP contribution is -2.35. The first-order valence-corrected chi connectivity index (χ1v) is 9.57. The molecule has 1 aliphatic rings. The molecule has 0 amide bonds. The third-order valence-corrected chi connectivity index (χ3v) is 4.88. The SMILES string of the molecule is Oc1cc(Oc2ncccc2-c2csc(NC3=NCCCN3)n2)ccc1Cl. The van der Waals surface area contributed by atoms with Crippen LogP contribution in [0.3, 0.4) is 0 Å². The van der Waals surface area contributed by atoms with Crippen LogP contribution in [0.5, 0.6) is 17.4 Å². The highest BCUT2D eigenvalue weighted by atomic mass is 35.5. The van der Waals surface area contributed by atoms with Gasteiger partial charge in [0.05, 0.1) is 16.3 Å². The Kier molecular flexibility index (Phi) is 5.08. The zero-order chi connectivity index (χ0) is 18.6. The molecule has 3 aromatic rings. The number of anilines is 1. The number of phenols is 1. The van der Waals surface area contributed by atoms with Crippen molar-refractivity contribution in [1.82, 2.24) is 15.3 Å². The Labute approximate surface area is 164 Å². The third kappa shape index (κ3) is 4.12. The van der Waals surface area contributed by atoms with E-state index in [1.807, 2.05) is 17.5 Å². The number of phenolic OH excluding ortho intramolecular Hbond substituents is 1. The number of nitrogens with zero attached hydrogens (tertiary/aromatic N) is 3. The maximum Gasteiger partial charge on any atom is 0.228 e. The van der Waals surface area contributed by atoms with Crippen molar-refractivity contribution in [1.29, 1.82) is 0 Å². The highest BCUT2D eigenvalue weighted by Crippen LogP contribution is 2.35. The zero-order valence-corrected chi connectivity index (χ0v) is 15.7. The lowest BCUT2D eigenvalue weighted by molar-refractivity contribution is 0.447. The van der Waals surface area contributed by atoms with Gasteiger partial charge < -0.3 is 20.5 Å². The lowest BCUT2D eigenvalue weighted by Gasteiger charge is -2.14. The number of thiazole rings is 1. The van der Waals surface area contributed by atoms with Crippen LogP contribution < -0.4 is 15.4 Å². The molecule has 0 spiro atoms. The van der Waals surface area contributed by atoms with Crippen molar-refractivity contribution in [2.45, 2.75) is 6.42 Å². The van der Waals surface area contributed by atoms with E-state index in [1.54, 1.807) is 18.3 Å². The minimum absolute atomic E-state index is 0.0486. The second-order valence-electron chi connectivity index (χ2n) is 5.74. The molecule has 2 aromatic heterocycles. The molecular formula is C18H16ClN5O2S. The highest BCUT2D eigenvalue weighted by Gasteiger charge is 2.14. The fraction of sp³-hybridized carbons (Fsp3) is 0.167. The molecule has 1 aromatic carbocycles. The Hall–Kier alpha value is -2.84. The summed E-state index contributed by atoms with van der Waals surface area (Å²) in [6.45, 7) is 1.71. The Morgan fingerprint density at radius 1 is 1.30 bits per heavy atom. The number of hydrogen-bond acceptors (Lipinski definition) is 8. The van der Waals surface area contributed by atoms with Crippen LogP contribution in [0.25, 0.3) is 11.3 Å². The number of benzene rings is 1. The molecular weight excluding hydrogens is 386 g/mol. The van der Waals surface area contributed by atoms with E-state index < -0.39 is 0 Å². The average molecular weight is 402 g/mol. The normalized spacial score (nSPS) is 13.6. The minimum Gasteiger partial charge on any atom is -0.506 e. The number of nitrogens with one attached hydrogen (secondary N) is 2. The highest BCUT2D eigenvalue weighted by molar-refractivity contribution is 7.14. The summed E-state index contributed by atoms with van der Waals surface area (Å²) in [6, 6.07) is 8.38. The largest absolute Gasteiger partial charge is 0.506 e. The fourth-order valence-corrected chi connectivity index (χ4v) is 3.33. The Morgan fingerprint density at radius 3 is 3.04 bits per heavy atom. The molecule has 138 valence electrons. The van der Waals surface area contributed by atoms with Crippen molar-refractivity contribution in [3.63, 3.8) is 0 Å². The van der Waals surface area contributed by atoms with Crippen molar-refractivity contribution >= 4 is 34.0 Å². The van der Waals surface area contributed by atoms with Crippen molar-refractivity contribution < 1.29 is 9.84 Å². The number of aromatic nitrogens is 2. The molecule has 0 bridgehead atoms. The van der Waals surface area contributed by atoms with Gasteiger partial charge in [0.2, 0.25) is 5.88 Å². The number of aromatic hydroxyl groups is 1. The smallest absolute Gasteiger partial charge is 0.228 e. The summed E-state index contributed by atoms with van der Waals surface area (Å²) in [7, 11) is 0. The van der Waals surface area contributed by atoms with Crippen molar-refractivity contribution in [2.75, 3.05) is 18.4 Å². The van der Waals surface area contributed by atoms with E-state index in [-0.39, 0.29) is 10.8 Å². The Morgan fingerprint density at radius 2 is 2.22 bits per heavy atom. The number of pyridine rings is 1. The first-order chi connectivity index (χ1) is 13.2. The number of hydrogen-bond donors (Lipinski definition) is 3. The molecule has 1 aliphatic heterocycles. The minimum atomic E-state index is -0.0486. The summed E-state index contributed by atoms with van der Waals surface area (Å²) >= 11 is 7.32. The second-order valence-corrected chi connectivity index (χ2v) is 7.01. The molecule has 27 heavy (non-hydrogen) atoms. The van der Waals surface area contributed by atoms with Gasteiger partial charge in [-0.1, -0.05) is 11.6 Å². The number of halogens is 1. The first kappa shape index (κ1) is 17.6. The van der Waals surface area contributed by atoms with Crippen molar-refractivity contribution in [3.8, 4) is 28.6 Å². The average Bonchev–Trinajstić information content (AvgIpc) is 3.14. The molecule has 0 saturated carbocycles. The predicted molar refractivity (Wildman–Crippen MR) is 107 cm³/mol. The fourth-order valence-electron chi connectivity index (χ4n) is 2.51. The van der Waals surface area contributed by atoms with E-state index in [0.717, 1.165) is 41.9 Å². The predicted octanol–water partition coefficient (Wildman–Crippen LogP) is 4.12. The van der Waals surface area contributed by atoms with E-state index in [4.69, 9.17) is 16.3 Å². The van der Waals surface area contributed by atoms with Gasteiger partial charge in [0, 0.05) is 30.7 Å². The van der Waals surface area contributed by atoms with E-state index in [0.29, 0.717) is 11.6 Å². The summed E-state index contributed by atoms with van der Waals surface area (Å²) in [5.41, 5.74) is 1.48. The number of ether oxygens (including phenoxy) is 1. The third-order valence-electron chi connectivity index (χ3n) is 3.81. The van der Waals surface area contributed by atoms with Gasteiger partial charge in [-0.25, -0.2) is 9.97 Å². The van der Waals surface area contributed by atoms with Crippen molar-refractivity contribution in [2.24, 2.45) is 4.99 Å². The van der Waals surface area contributed by atoms with E-state index in [2.05, 4.69) is 25.6 Å². The van der Waals surface area contributed by atoms with Crippen LogP contribution in [0, 0.1) is 0 Å². The lowest BCUT2D eigenvalue weighted by atomic mass is 10.2. The first-order valence-electron chi connectivity index (χ1n) is 8.32. The summed E-state index contributed by atoms with van der Waals surface area (Å²) in [5, 5.41) is 19.1. The van der Waals surface area contributed by atoms with Crippen LogP contribution in [0.4, 0.5) is 5.13 Å². The molecule has 0 aliphatic carbocycles. The van der Waals surface area contributed by atoms with Crippen LogP contribution >= 0.6 is 22.9 Å². The molecule has 9 heteroatoms. The molecule has 3 heterocycles. The Bertz CT molecular complexity index is 991. The molecule has 0 unspecified atom stereocenters. The maximum atomic E-state index is 9.76. The molecule has 0 fully saturated rings. The topological polar surface area (TPSA) is 91.7 Å².